The van der Waals surface area contributed by atoms with E-state index in [9.17, 15) is 0 Å². The summed E-state index contributed by atoms with van der Waals surface area (Å²) >= 11 is 0. The Morgan fingerprint density at radius 3 is 2.93 bits per heavy atom. The first-order valence-corrected chi connectivity index (χ1v) is 5.85. The van der Waals surface area contributed by atoms with Crippen molar-refractivity contribution in [3.8, 4) is 0 Å². The van der Waals surface area contributed by atoms with Crippen molar-refractivity contribution < 1.29 is 4.74 Å². The average Bonchev–Trinajstić information content (AvgIpc) is 2.64. The summed E-state index contributed by atoms with van der Waals surface area (Å²) in [5.41, 5.74) is 5.99. The van der Waals surface area contributed by atoms with E-state index in [0.29, 0.717) is 18.1 Å². The Kier molecular flexibility index (Phi) is 3.42. The predicted molar refractivity (Wildman–Crippen MR) is 57.2 cm³/mol. The van der Waals surface area contributed by atoms with Gasteiger partial charge in [0.1, 0.15) is 0 Å². The molecule has 2 aliphatic heterocycles. The molecule has 2 aliphatic rings. The van der Waals surface area contributed by atoms with Gasteiger partial charge in [-0.1, -0.05) is 6.92 Å². The summed E-state index contributed by atoms with van der Waals surface area (Å²) in [7, 11) is 0. The lowest BCUT2D eigenvalue weighted by molar-refractivity contribution is 0.0548. The van der Waals surface area contributed by atoms with E-state index < -0.39 is 0 Å². The largest absolute Gasteiger partial charge is 0.377 e. The zero-order valence-corrected chi connectivity index (χ0v) is 9.11. The fraction of sp³-hybridized carbons (Fsp3) is 1.00. The fourth-order valence-electron chi connectivity index (χ4n) is 2.49. The number of nitrogens with two attached hydrogens (primary N) is 1. The Morgan fingerprint density at radius 2 is 2.29 bits per heavy atom. The van der Waals surface area contributed by atoms with Gasteiger partial charge in [-0.25, -0.2) is 0 Å². The summed E-state index contributed by atoms with van der Waals surface area (Å²) in [5.74, 6) is 0.644. The van der Waals surface area contributed by atoms with Gasteiger partial charge in [0.25, 0.3) is 0 Å². The Morgan fingerprint density at radius 1 is 1.43 bits per heavy atom. The molecule has 82 valence electrons. The monoisotopic (exact) mass is 198 g/mol. The van der Waals surface area contributed by atoms with Gasteiger partial charge in [-0.2, -0.15) is 0 Å². The fourth-order valence-corrected chi connectivity index (χ4v) is 2.49. The van der Waals surface area contributed by atoms with E-state index >= 15 is 0 Å². The van der Waals surface area contributed by atoms with Crippen molar-refractivity contribution in [2.24, 2.45) is 11.7 Å². The molecule has 0 aromatic carbocycles. The molecule has 0 amide bonds. The Hall–Kier alpha value is -0.120. The topological polar surface area (TPSA) is 38.5 Å². The van der Waals surface area contributed by atoms with E-state index in [4.69, 9.17) is 10.5 Å². The number of hydrogen-bond acceptors (Lipinski definition) is 3. The maximum absolute atomic E-state index is 5.99. The molecule has 0 bridgehead atoms. The smallest absolute Gasteiger partial charge is 0.0702 e. The molecule has 0 radical (unpaired) electrons. The van der Waals surface area contributed by atoms with Crippen LogP contribution in [0, 0.1) is 5.92 Å². The van der Waals surface area contributed by atoms with Crippen LogP contribution in [0.1, 0.15) is 26.2 Å². The van der Waals surface area contributed by atoms with Gasteiger partial charge in [-0.3, -0.25) is 0 Å². The SMILES string of the molecule is C[C@@H]1CN(C[C@H]2CCCO2)CC[C@@H]1N. The second-order valence-corrected chi connectivity index (χ2v) is 4.82. The molecule has 3 nitrogen and oxygen atoms in total. The first-order chi connectivity index (χ1) is 6.75. The number of hydrogen-bond donors (Lipinski definition) is 1. The van der Waals surface area contributed by atoms with E-state index in [2.05, 4.69) is 11.8 Å². The van der Waals surface area contributed by atoms with E-state index in [1.165, 1.54) is 12.8 Å². The number of likely N-dealkylation sites (tertiary alicyclic amines) is 1. The maximum atomic E-state index is 5.99. The van der Waals surface area contributed by atoms with Crippen LogP contribution in [-0.4, -0.2) is 43.3 Å². The lowest BCUT2D eigenvalue weighted by atomic mass is 9.94. The minimum atomic E-state index is 0.413. The minimum absolute atomic E-state index is 0.413. The van der Waals surface area contributed by atoms with Crippen LogP contribution in [-0.2, 0) is 4.74 Å². The zero-order chi connectivity index (χ0) is 9.97. The molecule has 0 unspecified atom stereocenters. The Bertz CT molecular complexity index is 180. The minimum Gasteiger partial charge on any atom is -0.377 e. The number of piperidine rings is 1. The highest BCUT2D eigenvalue weighted by atomic mass is 16.5. The summed E-state index contributed by atoms with van der Waals surface area (Å²) < 4.78 is 5.64. The van der Waals surface area contributed by atoms with Crippen molar-refractivity contribution in [3.63, 3.8) is 0 Å². The van der Waals surface area contributed by atoms with Crippen molar-refractivity contribution in [2.45, 2.75) is 38.3 Å². The number of nitrogens with zero attached hydrogens (tertiary/aromatic N) is 1. The molecule has 14 heavy (non-hydrogen) atoms. The van der Waals surface area contributed by atoms with Crippen LogP contribution in [0.25, 0.3) is 0 Å². The lowest BCUT2D eigenvalue weighted by Gasteiger charge is -2.36. The second-order valence-electron chi connectivity index (χ2n) is 4.82. The maximum Gasteiger partial charge on any atom is 0.0702 e. The summed E-state index contributed by atoms with van der Waals surface area (Å²) in [6, 6.07) is 0.413. The van der Waals surface area contributed by atoms with Crippen LogP contribution in [0.15, 0.2) is 0 Å². The third-order valence-electron chi connectivity index (χ3n) is 3.54. The normalized spacial score (nSPS) is 40.3. The van der Waals surface area contributed by atoms with Gasteiger partial charge < -0.3 is 15.4 Å². The first-order valence-electron chi connectivity index (χ1n) is 5.85. The van der Waals surface area contributed by atoms with E-state index in [0.717, 1.165) is 32.7 Å². The summed E-state index contributed by atoms with van der Waals surface area (Å²) in [5, 5.41) is 0. The standard InChI is InChI=1S/C11H22N2O/c1-9-7-13(5-4-11(9)12)8-10-3-2-6-14-10/h9-11H,2-8,12H2,1H3/t9-,10-,11+/m1/s1. The molecule has 2 rings (SSSR count). The van der Waals surface area contributed by atoms with Gasteiger partial charge in [0, 0.05) is 25.7 Å². The molecule has 2 saturated heterocycles. The molecule has 3 atom stereocenters. The molecule has 2 N–H and O–H groups in total. The Labute approximate surface area is 86.6 Å². The van der Waals surface area contributed by atoms with Gasteiger partial charge in [0.2, 0.25) is 0 Å². The van der Waals surface area contributed by atoms with Crippen molar-refractivity contribution in [1.29, 1.82) is 0 Å². The van der Waals surface area contributed by atoms with Crippen LogP contribution in [0.2, 0.25) is 0 Å². The Balaban J connectivity index is 1.75. The zero-order valence-electron chi connectivity index (χ0n) is 9.11. The highest BCUT2D eigenvalue weighted by Crippen LogP contribution is 2.18. The third-order valence-corrected chi connectivity index (χ3v) is 3.54. The van der Waals surface area contributed by atoms with Crippen LogP contribution >= 0.6 is 0 Å². The van der Waals surface area contributed by atoms with E-state index in [-0.39, 0.29) is 0 Å². The van der Waals surface area contributed by atoms with Gasteiger partial charge in [0.15, 0.2) is 0 Å². The lowest BCUT2D eigenvalue weighted by Crippen LogP contribution is -2.47. The van der Waals surface area contributed by atoms with Crippen molar-refractivity contribution in [3.05, 3.63) is 0 Å². The third kappa shape index (κ3) is 2.47. The second kappa shape index (κ2) is 4.60. The molecule has 0 saturated carbocycles. The number of ether oxygens (including phenoxy) is 1. The quantitative estimate of drug-likeness (QED) is 0.714. The van der Waals surface area contributed by atoms with Crippen molar-refractivity contribution in [1.82, 2.24) is 4.90 Å². The van der Waals surface area contributed by atoms with E-state index in [1.54, 1.807) is 0 Å². The summed E-state index contributed by atoms with van der Waals surface area (Å²) in [6.07, 6.45) is 4.13. The van der Waals surface area contributed by atoms with Gasteiger partial charge in [-0.15, -0.1) is 0 Å². The van der Waals surface area contributed by atoms with Gasteiger partial charge in [0.05, 0.1) is 6.10 Å². The average molecular weight is 198 g/mol. The van der Waals surface area contributed by atoms with Crippen LogP contribution < -0.4 is 5.73 Å². The summed E-state index contributed by atoms with van der Waals surface area (Å²) in [6.45, 7) is 6.66. The van der Waals surface area contributed by atoms with Crippen LogP contribution in [0.3, 0.4) is 0 Å². The molecule has 0 spiro atoms. The summed E-state index contributed by atoms with van der Waals surface area (Å²) in [4.78, 5) is 2.52. The van der Waals surface area contributed by atoms with Crippen LogP contribution in [0.5, 0.6) is 0 Å². The molecule has 0 aromatic heterocycles. The molecule has 2 heterocycles. The van der Waals surface area contributed by atoms with Gasteiger partial charge >= 0.3 is 0 Å². The van der Waals surface area contributed by atoms with Crippen LogP contribution in [0.4, 0.5) is 0 Å². The highest BCUT2D eigenvalue weighted by Gasteiger charge is 2.26. The molecular formula is C11H22N2O. The predicted octanol–water partition coefficient (Wildman–Crippen LogP) is 0.835. The number of rotatable bonds is 2. The molecular weight excluding hydrogens is 176 g/mol. The molecule has 0 aromatic rings. The molecule has 0 aliphatic carbocycles. The highest BCUT2D eigenvalue weighted by molar-refractivity contribution is 4.82. The first kappa shape index (κ1) is 10.4. The molecule has 2 fully saturated rings. The van der Waals surface area contributed by atoms with Gasteiger partial charge in [-0.05, 0) is 31.7 Å². The molecule has 3 heteroatoms. The van der Waals surface area contributed by atoms with Crippen molar-refractivity contribution >= 4 is 0 Å². The van der Waals surface area contributed by atoms with Crippen molar-refractivity contribution in [2.75, 3.05) is 26.2 Å². The van der Waals surface area contributed by atoms with E-state index in [1.807, 2.05) is 0 Å².